The molecule has 0 aromatic carbocycles. The molecular weight excluding hydrogens is 232 g/mol. The zero-order chi connectivity index (χ0) is 12.9. The fourth-order valence-electron chi connectivity index (χ4n) is 2.47. The van der Waals surface area contributed by atoms with Gasteiger partial charge >= 0.3 is 5.97 Å². The van der Waals surface area contributed by atoms with E-state index in [4.69, 9.17) is 5.11 Å². The van der Waals surface area contributed by atoms with E-state index in [9.17, 15) is 9.59 Å². The zero-order valence-corrected chi connectivity index (χ0v) is 9.88. The van der Waals surface area contributed by atoms with E-state index >= 15 is 0 Å². The number of hydrogen-bond donors (Lipinski definition) is 1. The lowest BCUT2D eigenvalue weighted by Gasteiger charge is -2.15. The van der Waals surface area contributed by atoms with Crippen LogP contribution >= 0.6 is 0 Å². The molecule has 3 rings (SSSR count). The summed E-state index contributed by atoms with van der Waals surface area (Å²) in [6.45, 7) is 1.95. The molecule has 0 aliphatic heterocycles. The molecule has 0 saturated carbocycles. The van der Waals surface area contributed by atoms with Gasteiger partial charge in [-0.2, -0.15) is 5.10 Å². The van der Waals surface area contributed by atoms with Crippen LogP contribution in [-0.4, -0.2) is 26.5 Å². The van der Waals surface area contributed by atoms with E-state index < -0.39 is 11.9 Å². The Bertz CT molecular complexity index is 672. The van der Waals surface area contributed by atoms with Crippen molar-refractivity contribution in [3.05, 3.63) is 35.2 Å². The van der Waals surface area contributed by atoms with Crippen LogP contribution in [0.5, 0.6) is 0 Å². The van der Waals surface area contributed by atoms with Crippen molar-refractivity contribution in [3.63, 3.8) is 0 Å². The highest BCUT2D eigenvalue weighted by Gasteiger charge is 2.35. The number of carboxylic acid groups (broad SMARTS) is 1. The number of carbonyl (C=O) groups is 2. The lowest BCUT2D eigenvalue weighted by atomic mass is 9.85. The maximum absolute atomic E-state index is 12.2. The predicted molar refractivity (Wildman–Crippen MR) is 63.7 cm³/mol. The largest absolute Gasteiger partial charge is 0.481 e. The first-order valence-electron chi connectivity index (χ1n) is 5.83. The first-order chi connectivity index (χ1) is 8.58. The van der Waals surface area contributed by atoms with Gasteiger partial charge in [0.2, 0.25) is 0 Å². The first-order valence-corrected chi connectivity index (χ1v) is 5.83. The molecule has 0 fully saturated rings. The van der Waals surface area contributed by atoms with Crippen molar-refractivity contribution in [1.29, 1.82) is 0 Å². The van der Waals surface area contributed by atoms with Gasteiger partial charge in [-0.25, -0.2) is 4.52 Å². The van der Waals surface area contributed by atoms with Gasteiger partial charge in [-0.3, -0.25) is 9.59 Å². The standard InChI is InChI=1S/C13H12N2O3/c1-7-2-5-10-11-9(14-15(10)6-7)4-3-8(12(11)16)13(17)18/h2,5-6,8H,3-4H2,1H3,(H,17,18). The summed E-state index contributed by atoms with van der Waals surface area (Å²) >= 11 is 0. The fraction of sp³-hybridized carbons (Fsp3) is 0.308. The first kappa shape index (κ1) is 11.0. The number of pyridine rings is 1. The maximum atomic E-state index is 12.2. The van der Waals surface area contributed by atoms with E-state index in [1.165, 1.54) is 0 Å². The molecule has 0 radical (unpaired) electrons. The lowest BCUT2D eigenvalue weighted by Crippen LogP contribution is -2.28. The Morgan fingerprint density at radius 3 is 3.00 bits per heavy atom. The van der Waals surface area contributed by atoms with Crippen LogP contribution in [0.15, 0.2) is 18.3 Å². The molecule has 18 heavy (non-hydrogen) atoms. The van der Waals surface area contributed by atoms with E-state index in [0.717, 1.165) is 5.56 Å². The minimum Gasteiger partial charge on any atom is -0.481 e. The number of aliphatic carboxylic acids is 1. The molecule has 5 nitrogen and oxygen atoms in total. The summed E-state index contributed by atoms with van der Waals surface area (Å²) < 4.78 is 1.67. The third-order valence-electron chi connectivity index (χ3n) is 3.38. The van der Waals surface area contributed by atoms with Gasteiger partial charge in [-0.05, 0) is 31.4 Å². The van der Waals surface area contributed by atoms with Gasteiger partial charge in [-0.15, -0.1) is 0 Å². The minimum atomic E-state index is -1.04. The van der Waals surface area contributed by atoms with E-state index in [1.807, 2.05) is 25.3 Å². The SMILES string of the molecule is Cc1ccc2c3c(nn2c1)CCC(C(=O)O)C3=O. The maximum Gasteiger partial charge on any atom is 0.314 e. The highest BCUT2D eigenvalue weighted by molar-refractivity contribution is 6.13. The Morgan fingerprint density at radius 2 is 2.28 bits per heavy atom. The number of Topliss-reactive ketones (excluding diaryl/α,β-unsaturated/α-hetero) is 1. The molecule has 5 heteroatoms. The van der Waals surface area contributed by atoms with Crippen LogP contribution in [0.2, 0.25) is 0 Å². The zero-order valence-electron chi connectivity index (χ0n) is 9.88. The van der Waals surface area contributed by atoms with Crippen LogP contribution < -0.4 is 0 Å². The highest BCUT2D eigenvalue weighted by Crippen LogP contribution is 2.28. The monoisotopic (exact) mass is 244 g/mol. The number of ketones is 1. The van der Waals surface area contributed by atoms with Crippen LogP contribution in [0.1, 0.15) is 28.0 Å². The number of aromatic nitrogens is 2. The van der Waals surface area contributed by atoms with Gasteiger partial charge < -0.3 is 5.11 Å². The molecule has 0 saturated heterocycles. The lowest BCUT2D eigenvalue weighted by molar-refractivity contribution is -0.140. The number of aryl methyl sites for hydroxylation is 2. The molecule has 2 heterocycles. The van der Waals surface area contributed by atoms with Gasteiger partial charge in [0.15, 0.2) is 5.78 Å². The number of nitrogens with zero attached hydrogens (tertiary/aromatic N) is 2. The van der Waals surface area contributed by atoms with Crippen molar-refractivity contribution in [2.75, 3.05) is 0 Å². The number of carbonyl (C=O) groups excluding carboxylic acids is 1. The smallest absolute Gasteiger partial charge is 0.314 e. The Kier molecular flexibility index (Phi) is 2.23. The average Bonchev–Trinajstić information content (AvgIpc) is 2.66. The quantitative estimate of drug-likeness (QED) is 0.771. The van der Waals surface area contributed by atoms with Crippen LogP contribution in [0, 0.1) is 12.8 Å². The molecule has 1 aliphatic rings. The summed E-state index contributed by atoms with van der Waals surface area (Å²) in [5, 5.41) is 13.4. The van der Waals surface area contributed by atoms with Crippen LogP contribution in [-0.2, 0) is 11.2 Å². The van der Waals surface area contributed by atoms with E-state index in [0.29, 0.717) is 29.6 Å². The minimum absolute atomic E-state index is 0.317. The molecule has 1 N–H and O–H groups in total. The van der Waals surface area contributed by atoms with Crippen molar-refractivity contribution >= 4 is 17.3 Å². The van der Waals surface area contributed by atoms with Crippen molar-refractivity contribution in [2.45, 2.75) is 19.8 Å². The molecule has 2 aromatic heterocycles. The second-order valence-corrected chi connectivity index (χ2v) is 4.65. The van der Waals surface area contributed by atoms with Crippen molar-refractivity contribution in [2.24, 2.45) is 5.92 Å². The topological polar surface area (TPSA) is 71.7 Å². The molecule has 0 bridgehead atoms. The third-order valence-corrected chi connectivity index (χ3v) is 3.38. The van der Waals surface area contributed by atoms with Crippen LogP contribution in [0.25, 0.3) is 5.52 Å². The molecule has 92 valence electrons. The van der Waals surface area contributed by atoms with Crippen molar-refractivity contribution in [3.8, 4) is 0 Å². The second-order valence-electron chi connectivity index (χ2n) is 4.65. The van der Waals surface area contributed by atoms with Crippen molar-refractivity contribution < 1.29 is 14.7 Å². The van der Waals surface area contributed by atoms with Gasteiger partial charge in [-0.1, -0.05) is 6.07 Å². The second kappa shape index (κ2) is 3.66. The van der Waals surface area contributed by atoms with Gasteiger partial charge in [0.25, 0.3) is 0 Å². The molecule has 0 spiro atoms. The summed E-state index contributed by atoms with van der Waals surface area (Å²) in [5.74, 6) is -2.29. The summed E-state index contributed by atoms with van der Waals surface area (Å²) in [6, 6.07) is 3.72. The van der Waals surface area contributed by atoms with Crippen molar-refractivity contribution in [1.82, 2.24) is 9.61 Å². The van der Waals surface area contributed by atoms with Gasteiger partial charge in [0, 0.05) is 6.20 Å². The molecule has 1 atom stereocenters. The molecule has 1 aliphatic carbocycles. The molecule has 0 amide bonds. The predicted octanol–water partition coefficient (Wildman–Crippen LogP) is 1.47. The summed E-state index contributed by atoms with van der Waals surface area (Å²) in [5.41, 5.74) is 2.94. The van der Waals surface area contributed by atoms with Crippen LogP contribution in [0.3, 0.4) is 0 Å². The summed E-state index contributed by atoms with van der Waals surface area (Å²) in [6.07, 6.45) is 2.72. The Hall–Kier alpha value is -2.17. The molecular formula is C13H12N2O3. The van der Waals surface area contributed by atoms with Gasteiger partial charge in [0.05, 0.1) is 16.8 Å². The normalized spacial score (nSPS) is 18.9. The summed E-state index contributed by atoms with van der Waals surface area (Å²) in [4.78, 5) is 23.2. The molecule has 2 aromatic rings. The average molecular weight is 244 g/mol. The fourth-order valence-corrected chi connectivity index (χ4v) is 2.47. The van der Waals surface area contributed by atoms with E-state index in [2.05, 4.69) is 5.10 Å². The number of carboxylic acids is 1. The van der Waals surface area contributed by atoms with Gasteiger partial charge in [0.1, 0.15) is 5.92 Å². The van der Waals surface area contributed by atoms with E-state index in [-0.39, 0.29) is 5.78 Å². The Morgan fingerprint density at radius 1 is 1.50 bits per heavy atom. The number of hydrogen-bond acceptors (Lipinski definition) is 3. The molecule has 1 unspecified atom stereocenters. The number of fused-ring (bicyclic) bond motifs is 3. The summed E-state index contributed by atoms with van der Waals surface area (Å²) in [7, 11) is 0. The van der Waals surface area contributed by atoms with E-state index in [1.54, 1.807) is 4.52 Å². The highest BCUT2D eigenvalue weighted by atomic mass is 16.4. The number of rotatable bonds is 1. The third kappa shape index (κ3) is 1.44. The van der Waals surface area contributed by atoms with Crippen LogP contribution in [0.4, 0.5) is 0 Å². The Balaban J connectivity index is 2.22. The Labute approximate surface area is 103 Å².